The van der Waals surface area contributed by atoms with E-state index in [0.717, 1.165) is 20.9 Å². The summed E-state index contributed by atoms with van der Waals surface area (Å²) < 4.78 is 19.3. The van der Waals surface area contributed by atoms with Crippen LogP contribution >= 0.6 is 23.1 Å². The number of rotatable bonds is 6. The van der Waals surface area contributed by atoms with Gasteiger partial charge in [-0.05, 0) is 24.3 Å². The molecule has 3 aromatic rings. The third-order valence-corrected chi connectivity index (χ3v) is 6.52. The lowest BCUT2D eigenvalue weighted by atomic mass is 10.2. The summed E-state index contributed by atoms with van der Waals surface area (Å²) in [7, 11) is 1.64. The topological polar surface area (TPSA) is 62.1 Å². The number of carbonyl (C=O) groups is 1. The molecule has 2 aromatic carbocycles. The molecule has 0 atom stereocenters. The molecule has 0 saturated carbocycles. The first-order valence-electron chi connectivity index (χ1n) is 9.39. The Balaban J connectivity index is 1.52. The number of fused-ring (bicyclic) bond motifs is 2. The summed E-state index contributed by atoms with van der Waals surface area (Å²) in [4.78, 5) is 18.5. The molecule has 2 heterocycles. The molecule has 1 aromatic heterocycles. The Labute approximate surface area is 182 Å². The molecular weight excluding hydrogens is 420 g/mol. The van der Waals surface area contributed by atoms with Gasteiger partial charge in [-0.15, -0.1) is 18.2 Å². The molecule has 6 nitrogen and oxygen atoms in total. The summed E-state index contributed by atoms with van der Waals surface area (Å²) >= 11 is 3.03. The molecule has 0 spiro atoms. The van der Waals surface area contributed by atoms with Crippen molar-refractivity contribution in [2.45, 2.75) is 17.9 Å². The Bertz CT molecular complexity index is 1170. The fourth-order valence-electron chi connectivity index (χ4n) is 3.03. The standard InChI is InChI=1S/C22H20N2O4S2/c1-3-9-24-17-13-18-19(28-11-10-27-18)14-20(17)30-22(24)23-21(25)8-12-29-16-6-4-15(26-2)5-7-16/h1,4-7,13-14H,8-12H2,2H3. The van der Waals surface area contributed by atoms with Crippen LogP contribution in [-0.2, 0) is 11.3 Å². The molecule has 8 heteroatoms. The van der Waals surface area contributed by atoms with E-state index >= 15 is 0 Å². The van der Waals surface area contributed by atoms with Gasteiger partial charge in [0.15, 0.2) is 16.3 Å². The molecule has 1 amide bonds. The van der Waals surface area contributed by atoms with Crippen LogP contribution in [0.3, 0.4) is 0 Å². The second kappa shape index (κ2) is 9.28. The SMILES string of the molecule is C#CCn1c(=NC(=O)CCSc2ccc(OC)cc2)sc2cc3c(cc21)OCCO3. The van der Waals surface area contributed by atoms with Crippen molar-refractivity contribution in [2.75, 3.05) is 26.1 Å². The van der Waals surface area contributed by atoms with Gasteiger partial charge >= 0.3 is 0 Å². The number of benzene rings is 2. The van der Waals surface area contributed by atoms with Crippen LogP contribution in [-0.4, -0.2) is 36.6 Å². The predicted molar refractivity (Wildman–Crippen MR) is 119 cm³/mol. The largest absolute Gasteiger partial charge is 0.497 e. The second-order valence-electron chi connectivity index (χ2n) is 6.42. The minimum Gasteiger partial charge on any atom is -0.497 e. The smallest absolute Gasteiger partial charge is 0.249 e. The lowest BCUT2D eigenvalue weighted by Crippen LogP contribution is -2.17. The monoisotopic (exact) mass is 440 g/mol. The first kappa shape index (κ1) is 20.4. The van der Waals surface area contributed by atoms with Crippen LogP contribution in [0.4, 0.5) is 0 Å². The highest BCUT2D eigenvalue weighted by Crippen LogP contribution is 2.35. The normalized spacial score (nSPS) is 13.3. The maximum absolute atomic E-state index is 12.5. The first-order valence-corrected chi connectivity index (χ1v) is 11.2. The number of methoxy groups -OCH3 is 1. The molecule has 30 heavy (non-hydrogen) atoms. The molecule has 0 radical (unpaired) electrons. The molecule has 0 bridgehead atoms. The number of hydrogen-bond donors (Lipinski definition) is 0. The number of aromatic nitrogens is 1. The number of thioether (sulfide) groups is 1. The van der Waals surface area contributed by atoms with Crippen LogP contribution in [0.2, 0.25) is 0 Å². The predicted octanol–water partition coefficient (Wildman–Crippen LogP) is 3.73. The zero-order valence-electron chi connectivity index (χ0n) is 16.4. The molecule has 1 aliphatic heterocycles. The number of thiazole rings is 1. The summed E-state index contributed by atoms with van der Waals surface area (Å²) in [6.07, 6.45) is 5.89. The number of carbonyl (C=O) groups excluding carboxylic acids is 1. The van der Waals surface area contributed by atoms with Gasteiger partial charge in [0.25, 0.3) is 0 Å². The maximum atomic E-state index is 12.5. The van der Waals surface area contributed by atoms with Crippen LogP contribution in [0.1, 0.15) is 6.42 Å². The quantitative estimate of drug-likeness (QED) is 0.432. The number of amides is 1. The van der Waals surface area contributed by atoms with Crippen LogP contribution in [0.5, 0.6) is 17.2 Å². The number of hydrogen-bond acceptors (Lipinski definition) is 6. The van der Waals surface area contributed by atoms with Crippen molar-refractivity contribution in [1.29, 1.82) is 0 Å². The first-order chi connectivity index (χ1) is 14.7. The van der Waals surface area contributed by atoms with Gasteiger partial charge < -0.3 is 18.8 Å². The number of nitrogens with zero attached hydrogens (tertiary/aromatic N) is 2. The van der Waals surface area contributed by atoms with E-state index in [4.69, 9.17) is 20.6 Å². The molecule has 0 fully saturated rings. The van der Waals surface area contributed by atoms with Crippen molar-refractivity contribution >= 4 is 39.2 Å². The van der Waals surface area contributed by atoms with Gasteiger partial charge in [0.2, 0.25) is 5.91 Å². The molecule has 154 valence electrons. The Morgan fingerprint density at radius 2 is 2.00 bits per heavy atom. The molecular formula is C22H20N2O4S2. The van der Waals surface area contributed by atoms with E-state index in [2.05, 4.69) is 10.9 Å². The molecule has 0 aliphatic carbocycles. The van der Waals surface area contributed by atoms with E-state index in [9.17, 15) is 4.79 Å². The molecule has 0 N–H and O–H groups in total. The highest BCUT2D eigenvalue weighted by atomic mass is 32.2. The molecule has 0 saturated heterocycles. The average molecular weight is 441 g/mol. The Morgan fingerprint density at radius 3 is 2.70 bits per heavy atom. The van der Waals surface area contributed by atoms with Gasteiger partial charge in [-0.2, -0.15) is 4.99 Å². The van der Waals surface area contributed by atoms with Gasteiger partial charge in [0.1, 0.15) is 19.0 Å². The Morgan fingerprint density at radius 1 is 1.27 bits per heavy atom. The van der Waals surface area contributed by atoms with Crippen molar-refractivity contribution in [3.63, 3.8) is 0 Å². The zero-order chi connectivity index (χ0) is 20.9. The fraction of sp³-hybridized carbons (Fsp3) is 0.273. The van der Waals surface area contributed by atoms with Crippen molar-refractivity contribution < 1.29 is 19.0 Å². The van der Waals surface area contributed by atoms with Crippen LogP contribution < -0.4 is 19.0 Å². The number of ether oxygens (including phenoxy) is 3. The highest BCUT2D eigenvalue weighted by molar-refractivity contribution is 7.99. The van der Waals surface area contributed by atoms with E-state index in [-0.39, 0.29) is 5.91 Å². The lowest BCUT2D eigenvalue weighted by molar-refractivity contribution is -0.117. The fourth-order valence-corrected chi connectivity index (χ4v) is 4.92. The summed E-state index contributed by atoms with van der Waals surface area (Å²) in [6.45, 7) is 1.36. The van der Waals surface area contributed by atoms with E-state index in [1.807, 2.05) is 41.0 Å². The summed E-state index contributed by atoms with van der Waals surface area (Å²) in [5, 5.41) is 0. The Kier molecular flexibility index (Phi) is 6.31. The highest BCUT2D eigenvalue weighted by Gasteiger charge is 2.16. The third-order valence-electron chi connectivity index (χ3n) is 4.46. The lowest BCUT2D eigenvalue weighted by Gasteiger charge is -2.18. The van der Waals surface area contributed by atoms with Crippen molar-refractivity contribution in [2.24, 2.45) is 4.99 Å². The molecule has 0 unspecified atom stereocenters. The van der Waals surface area contributed by atoms with Gasteiger partial charge in [-0.3, -0.25) is 4.79 Å². The summed E-state index contributed by atoms with van der Waals surface area (Å²) in [5.74, 6) is 5.31. The zero-order valence-corrected chi connectivity index (χ0v) is 18.1. The minimum atomic E-state index is -0.175. The van der Waals surface area contributed by atoms with Crippen LogP contribution in [0, 0.1) is 12.3 Å². The van der Waals surface area contributed by atoms with Gasteiger partial charge in [0, 0.05) is 29.2 Å². The number of terminal acetylenes is 1. The molecule has 1 aliphatic rings. The van der Waals surface area contributed by atoms with Crippen molar-refractivity contribution in [3.05, 3.63) is 41.2 Å². The van der Waals surface area contributed by atoms with Crippen molar-refractivity contribution in [1.82, 2.24) is 4.57 Å². The van der Waals surface area contributed by atoms with E-state index in [1.165, 1.54) is 11.3 Å². The maximum Gasteiger partial charge on any atom is 0.249 e. The van der Waals surface area contributed by atoms with E-state index < -0.39 is 0 Å². The summed E-state index contributed by atoms with van der Waals surface area (Å²) in [5.41, 5.74) is 0.890. The van der Waals surface area contributed by atoms with Gasteiger partial charge in [-0.1, -0.05) is 17.3 Å². The van der Waals surface area contributed by atoms with Crippen LogP contribution in [0.15, 0.2) is 46.3 Å². The minimum absolute atomic E-state index is 0.175. The average Bonchev–Trinajstić information content (AvgIpc) is 3.08. The van der Waals surface area contributed by atoms with E-state index in [1.54, 1.807) is 18.9 Å². The van der Waals surface area contributed by atoms with Crippen molar-refractivity contribution in [3.8, 4) is 29.6 Å². The Hall–Kier alpha value is -2.89. The summed E-state index contributed by atoms with van der Waals surface area (Å²) in [6, 6.07) is 11.6. The second-order valence-corrected chi connectivity index (χ2v) is 8.60. The van der Waals surface area contributed by atoms with Crippen LogP contribution in [0.25, 0.3) is 10.2 Å². The van der Waals surface area contributed by atoms with Gasteiger partial charge in [-0.25, -0.2) is 0 Å². The van der Waals surface area contributed by atoms with E-state index in [0.29, 0.717) is 48.2 Å². The molecule has 4 rings (SSSR count). The third kappa shape index (κ3) is 4.48. The van der Waals surface area contributed by atoms with Gasteiger partial charge in [0.05, 0.1) is 23.9 Å².